The zero-order chi connectivity index (χ0) is 13.4. The largest absolute Gasteiger partial charge is 0.380 e. The summed E-state index contributed by atoms with van der Waals surface area (Å²) in [6.45, 7) is 2.91. The Balaban J connectivity index is 2.09. The number of carbonyl (C=O) groups excluding carboxylic acids is 1. The first-order valence-corrected chi connectivity index (χ1v) is 6.56. The van der Waals surface area contributed by atoms with Crippen molar-refractivity contribution in [1.82, 2.24) is 14.5 Å². The van der Waals surface area contributed by atoms with E-state index < -0.39 is 0 Å². The molecule has 0 fully saturated rings. The maximum absolute atomic E-state index is 12.7. The summed E-state index contributed by atoms with van der Waals surface area (Å²) in [6.07, 6.45) is 5.73. The quantitative estimate of drug-likeness (QED) is 0.773. The minimum Gasteiger partial charge on any atom is -0.380 e. The van der Waals surface area contributed by atoms with Crippen LogP contribution in [0.3, 0.4) is 0 Å². The summed E-state index contributed by atoms with van der Waals surface area (Å²) in [5.74, 6) is 0.116. The Labute approximate surface area is 112 Å². The Morgan fingerprint density at radius 2 is 2.21 bits per heavy atom. The first-order chi connectivity index (χ1) is 9.16. The van der Waals surface area contributed by atoms with Gasteiger partial charge in [0.2, 0.25) is 0 Å². The van der Waals surface area contributed by atoms with Crippen LogP contribution in [0.15, 0.2) is 36.2 Å². The Hall–Kier alpha value is -2.10. The summed E-state index contributed by atoms with van der Waals surface area (Å²) in [4.78, 5) is 14.8. The van der Waals surface area contributed by atoms with Crippen LogP contribution >= 0.6 is 0 Å². The van der Waals surface area contributed by atoms with Gasteiger partial charge in [0.25, 0.3) is 0 Å². The summed E-state index contributed by atoms with van der Waals surface area (Å²) in [5.41, 5.74) is 3.31. The van der Waals surface area contributed by atoms with Crippen LogP contribution in [0.5, 0.6) is 0 Å². The molecule has 0 atom stereocenters. The number of pyridine rings is 1. The maximum Gasteiger partial charge on any atom is 0.194 e. The molecule has 3 heterocycles. The molecular formula is C15H17N3O. The van der Waals surface area contributed by atoms with Gasteiger partial charge >= 0.3 is 0 Å². The van der Waals surface area contributed by atoms with Crippen molar-refractivity contribution in [2.24, 2.45) is 0 Å². The van der Waals surface area contributed by atoms with Crippen LogP contribution in [-0.4, -0.2) is 33.9 Å². The second kappa shape index (κ2) is 4.53. The topological polar surface area (TPSA) is 37.6 Å². The van der Waals surface area contributed by atoms with Crippen LogP contribution in [0.1, 0.15) is 28.9 Å². The Morgan fingerprint density at radius 1 is 1.37 bits per heavy atom. The number of hydrogen-bond donors (Lipinski definition) is 0. The highest BCUT2D eigenvalue weighted by molar-refractivity contribution is 6.13. The molecular weight excluding hydrogens is 238 g/mol. The normalized spacial score (nSPS) is 15.7. The smallest absolute Gasteiger partial charge is 0.194 e. The average Bonchev–Trinajstić information content (AvgIpc) is 2.74. The van der Waals surface area contributed by atoms with Gasteiger partial charge < -0.3 is 4.90 Å². The highest BCUT2D eigenvalue weighted by Crippen LogP contribution is 2.23. The van der Waals surface area contributed by atoms with Crippen molar-refractivity contribution in [1.29, 1.82) is 0 Å². The fourth-order valence-corrected chi connectivity index (χ4v) is 2.64. The number of ketones is 1. The molecule has 1 aliphatic heterocycles. The van der Waals surface area contributed by atoms with Gasteiger partial charge in [-0.3, -0.25) is 4.79 Å². The van der Waals surface area contributed by atoms with Crippen molar-refractivity contribution in [2.75, 3.05) is 13.6 Å². The van der Waals surface area contributed by atoms with Gasteiger partial charge in [0, 0.05) is 31.6 Å². The van der Waals surface area contributed by atoms with Crippen LogP contribution in [0, 0.1) is 6.92 Å². The summed E-state index contributed by atoms with van der Waals surface area (Å²) in [7, 11) is 2.01. The summed E-state index contributed by atoms with van der Waals surface area (Å²) in [6, 6.07) is 5.80. The summed E-state index contributed by atoms with van der Waals surface area (Å²) < 4.78 is 1.77. The molecule has 0 spiro atoms. The van der Waals surface area contributed by atoms with Gasteiger partial charge in [0.05, 0.1) is 16.8 Å². The number of fused-ring (bicyclic) bond motifs is 1. The number of Topliss-reactive ketones (excluding diaryl/α,β-unsaturated/α-hetero) is 1. The van der Waals surface area contributed by atoms with Gasteiger partial charge in [0.1, 0.15) is 0 Å². The predicted octanol–water partition coefficient (Wildman–Crippen LogP) is 2.43. The van der Waals surface area contributed by atoms with E-state index in [1.54, 1.807) is 4.52 Å². The Kier molecular flexibility index (Phi) is 2.85. The lowest BCUT2D eigenvalue weighted by molar-refractivity contribution is 0.102. The summed E-state index contributed by atoms with van der Waals surface area (Å²) in [5, 5.41) is 4.40. The maximum atomic E-state index is 12.7. The minimum atomic E-state index is 0.116. The van der Waals surface area contributed by atoms with E-state index in [0.29, 0.717) is 0 Å². The molecule has 0 bridgehead atoms. The van der Waals surface area contributed by atoms with Crippen LogP contribution in [-0.2, 0) is 0 Å². The molecule has 98 valence electrons. The minimum absolute atomic E-state index is 0.116. The van der Waals surface area contributed by atoms with E-state index in [-0.39, 0.29) is 5.78 Å². The Bertz CT molecular complexity index is 669. The highest BCUT2D eigenvalue weighted by atomic mass is 16.1. The lowest BCUT2D eigenvalue weighted by Crippen LogP contribution is -2.21. The van der Waals surface area contributed by atoms with Crippen molar-refractivity contribution in [3.05, 3.63) is 47.4 Å². The fraction of sp³-hybridized carbons (Fsp3) is 0.333. The number of aryl methyl sites for hydroxylation is 1. The highest BCUT2D eigenvalue weighted by Gasteiger charge is 2.22. The standard InChI is InChI=1S/C15H17N3O/c1-11-14(13-7-3-4-9-18(13)16-11)15(19)12-6-5-8-17(2)10-12/h3-4,7,9-10H,5-6,8H2,1-2H3. The van der Waals surface area contributed by atoms with Crippen LogP contribution in [0.4, 0.5) is 0 Å². The summed E-state index contributed by atoms with van der Waals surface area (Å²) >= 11 is 0. The van der Waals surface area contributed by atoms with Gasteiger partial charge in [-0.2, -0.15) is 5.10 Å². The van der Waals surface area contributed by atoms with Gasteiger partial charge in [-0.25, -0.2) is 4.52 Å². The van der Waals surface area contributed by atoms with Gasteiger partial charge in [-0.15, -0.1) is 0 Å². The SMILES string of the molecule is Cc1nn2ccccc2c1C(=O)C1=CN(C)CCC1. The molecule has 4 nitrogen and oxygen atoms in total. The number of nitrogens with zero attached hydrogens (tertiary/aromatic N) is 3. The molecule has 0 aromatic carbocycles. The third kappa shape index (κ3) is 2.03. The zero-order valence-electron chi connectivity index (χ0n) is 11.3. The third-order valence-electron chi connectivity index (χ3n) is 3.57. The van der Waals surface area contributed by atoms with E-state index >= 15 is 0 Å². The molecule has 0 amide bonds. The first-order valence-electron chi connectivity index (χ1n) is 6.56. The monoisotopic (exact) mass is 255 g/mol. The molecule has 2 aromatic heterocycles. The molecule has 0 N–H and O–H groups in total. The van der Waals surface area contributed by atoms with Crippen LogP contribution in [0.25, 0.3) is 5.52 Å². The van der Waals surface area contributed by atoms with E-state index in [0.717, 1.165) is 41.7 Å². The molecule has 0 radical (unpaired) electrons. The number of allylic oxidation sites excluding steroid dienone is 1. The Morgan fingerprint density at radius 3 is 3.00 bits per heavy atom. The molecule has 0 aliphatic carbocycles. The van der Waals surface area contributed by atoms with Crippen LogP contribution in [0.2, 0.25) is 0 Å². The fourth-order valence-electron chi connectivity index (χ4n) is 2.64. The number of aromatic nitrogens is 2. The molecule has 0 saturated heterocycles. The van der Waals surface area contributed by atoms with E-state index in [1.165, 1.54) is 0 Å². The second-order valence-electron chi connectivity index (χ2n) is 5.06. The number of hydrogen-bond acceptors (Lipinski definition) is 3. The third-order valence-corrected chi connectivity index (χ3v) is 3.57. The molecule has 1 aliphatic rings. The zero-order valence-corrected chi connectivity index (χ0v) is 11.3. The average molecular weight is 255 g/mol. The second-order valence-corrected chi connectivity index (χ2v) is 5.06. The number of rotatable bonds is 2. The number of carbonyl (C=O) groups is 1. The van der Waals surface area contributed by atoms with Gasteiger partial charge in [-0.1, -0.05) is 6.07 Å². The lowest BCUT2D eigenvalue weighted by Gasteiger charge is -2.21. The molecule has 0 saturated carbocycles. The first kappa shape index (κ1) is 12.0. The van der Waals surface area contributed by atoms with E-state index in [4.69, 9.17) is 0 Å². The van der Waals surface area contributed by atoms with Crippen molar-refractivity contribution in [2.45, 2.75) is 19.8 Å². The van der Waals surface area contributed by atoms with Crippen molar-refractivity contribution < 1.29 is 4.79 Å². The van der Waals surface area contributed by atoms with Crippen molar-refractivity contribution in [3.63, 3.8) is 0 Å². The lowest BCUT2D eigenvalue weighted by atomic mass is 9.97. The molecule has 19 heavy (non-hydrogen) atoms. The van der Waals surface area contributed by atoms with Crippen LogP contribution < -0.4 is 0 Å². The van der Waals surface area contributed by atoms with Crippen molar-refractivity contribution in [3.8, 4) is 0 Å². The van der Waals surface area contributed by atoms with Crippen molar-refractivity contribution >= 4 is 11.3 Å². The molecule has 2 aromatic rings. The van der Waals surface area contributed by atoms with Gasteiger partial charge in [-0.05, 0) is 31.9 Å². The molecule has 4 heteroatoms. The van der Waals surface area contributed by atoms with E-state index in [1.807, 2.05) is 44.6 Å². The van der Waals surface area contributed by atoms with Gasteiger partial charge in [0.15, 0.2) is 5.78 Å². The predicted molar refractivity (Wildman–Crippen MR) is 74.2 cm³/mol. The molecule has 0 unspecified atom stereocenters. The van der Waals surface area contributed by atoms with E-state index in [9.17, 15) is 4.79 Å². The molecule has 3 rings (SSSR count). The van der Waals surface area contributed by atoms with E-state index in [2.05, 4.69) is 10.00 Å².